The molecule has 2 aromatic rings. The summed E-state index contributed by atoms with van der Waals surface area (Å²) in [5.74, 6) is -0.0616. The lowest BCUT2D eigenvalue weighted by Crippen LogP contribution is -2.42. The SMILES string of the molecule is O=C(O)[C@@H](c1cccc2c1OCC2)N1CCC(OCc2cccnc2)CC1. The summed E-state index contributed by atoms with van der Waals surface area (Å²) in [6, 6.07) is 9.06. The molecule has 27 heavy (non-hydrogen) atoms. The summed E-state index contributed by atoms with van der Waals surface area (Å²) >= 11 is 0. The van der Waals surface area contributed by atoms with Crippen molar-refractivity contribution >= 4 is 5.97 Å². The highest BCUT2D eigenvalue weighted by molar-refractivity contribution is 5.77. The molecule has 0 amide bonds. The minimum absolute atomic E-state index is 0.147. The number of hydrogen-bond donors (Lipinski definition) is 1. The largest absolute Gasteiger partial charge is 0.493 e. The van der Waals surface area contributed by atoms with Gasteiger partial charge in [-0.3, -0.25) is 14.7 Å². The van der Waals surface area contributed by atoms with Gasteiger partial charge >= 0.3 is 5.97 Å². The Morgan fingerprint density at radius 3 is 2.89 bits per heavy atom. The number of aliphatic carboxylic acids is 1. The fraction of sp³-hybridized carbons (Fsp3) is 0.429. The van der Waals surface area contributed by atoms with Gasteiger partial charge in [0.05, 0.1) is 19.3 Å². The number of para-hydroxylation sites is 1. The number of ether oxygens (including phenoxy) is 2. The summed E-state index contributed by atoms with van der Waals surface area (Å²) in [5, 5.41) is 9.89. The Hall–Kier alpha value is -2.44. The van der Waals surface area contributed by atoms with E-state index >= 15 is 0 Å². The van der Waals surface area contributed by atoms with Crippen molar-refractivity contribution in [1.29, 1.82) is 0 Å². The lowest BCUT2D eigenvalue weighted by Gasteiger charge is -2.36. The number of carboxylic acids is 1. The van der Waals surface area contributed by atoms with Crippen molar-refractivity contribution in [3.8, 4) is 5.75 Å². The molecular formula is C21H24N2O4. The molecular weight excluding hydrogens is 344 g/mol. The number of aromatic nitrogens is 1. The fourth-order valence-corrected chi connectivity index (χ4v) is 3.94. The standard InChI is InChI=1S/C21H24N2O4/c24-21(25)19(18-5-1-4-16-8-12-26-20(16)18)23-10-6-17(7-11-23)27-14-15-3-2-9-22-13-15/h1-5,9,13,17,19H,6-8,10-12,14H2,(H,24,25)/t19-/m1/s1. The Bertz CT molecular complexity index is 788. The van der Waals surface area contributed by atoms with E-state index in [2.05, 4.69) is 4.98 Å². The van der Waals surface area contributed by atoms with Crippen molar-refractivity contribution in [3.63, 3.8) is 0 Å². The van der Waals surface area contributed by atoms with Gasteiger partial charge in [-0.25, -0.2) is 0 Å². The minimum Gasteiger partial charge on any atom is -0.493 e. The number of likely N-dealkylation sites (tertiary alicyclic amines) is 1. The maximum absolute atomic E-state index is 12.1. The van der Waals surface area contributed by atoms with Crippen molar-refractivity contribution in [1.82, 2.24) is 9.88 Å². The number of nitrogens with zero attached hydrogens (tertiary/aromatic N) is 2. The van der Waals surface area contributed by atoms with Crippen LogP contribution >= 0.6 is 0 Å². The fourth-order valence-electron chi connectivity index (χ4n) is 3.94. The molecule has 2 aliphatic heterocycles. The smallest absolute Gasteiger partial charge is 0.325 e. The van der Waals surface area contributed by atoms with Crippen molar-refractivity contribution in [2.75, 3.05) is 19.7 Å². The first kappa shape index (κ1) is 17.9. The van der Waals surface area contributed by atoms with E-state index in [1.807, 2.05) is 41.4 Å². The van der Waals surface area contributed by atoms with Crippen molar-refractivity contribution in [2.45, 2.75) is 38.0 Å². The Morgan fingerprint density at radius 1 is 1.30 bits per heavy atom. The number of hydrogen-bond acceptors (Lipinski definition) is 5. The second-order valence-electron chi connectivity index (χ2n) is 7.08. The van der Waals surface area contributed by atoms with Crippen LogP contribution in [-0.4, -0.2) is 46.8 Å². The molecule has 0 spiro atoms. The van der Waals surface area contributed by atoms with Crippen LogP contribution in [0.25, 0.3) is 0 Å². The minimum atomic E-state index is -0.825. The van der Waals surface area contributed by atoms with E-state index in [-0.39, 0.29) is 6.10 Å². The molecule has 0 aliphatic carbocycles. The van der Waals surface area contributed by atoms with Gasteiger partial charge in [-0.15, -0.1) is 0 Å². The van der Waals surface area contributed by atoms with Crippen LogP contribution in [-0.2, 0) is 22.6 Å². The summed E-state index contributed by atoms with van der Waals surface area (Å²) in [7, 11) is 0. The molecule has 6 heteroatoms. The molecule has 0 unspecified atom stereocenters. The van der Waals surface area contributed by atoms with Gasteiger partial charge in [0.1, 0.15) is 11.8 Å². The summed E-state index contributed by atoms with van der Waals surface area (Å²) in [4.78, 5) is 18.2. The lowest BCUT2D eigenvalue weighted by molar-refractivity contribution is -0.145. The molecule has 3 heterocycles. The van der Waals surface area contributed by atoms with E-state index in [9.17, 15) is 9.90 Å². The van der Waals surface area contributed by atoms with Crippen LogP contribution in [0.15, 0.2) is 42.7 Å². The van der Waals surface area contributed by atoms with E-state index in [1.54, 1.807) is 6.20 Å². The maximum Gasteiger partial charge on any atom is 0.325 e. The van der Waals surface area contributed by atoms with Crippen LogP contribution in [0.3, 0.4) is 0 Å². The van der Waals surface area contributed by atoms with E-state index in [0.717, 1.165) is 41.7 Å². The van der Waals surface area contributed by atoms with Crippen LogP contribution in [0.1, 0.15) is 35.6 Å². The van der Waals surface area contributed by atoms with Crippen LogP contribution in [0.2, 0.25) is 0 Å². The average Bonchev–Trinajstić information content (AvgIpc) is 3.18. The summed E-state index contributed by atoms with van der Waals surface area (Å²) in [6.07, 6.45) is 6.19. The third-order valence-corrected chi connectivity index (χ3v) is 5.32. The zero-order chi connectivity index (χ0) is 18.6. The predicted molar refractivity (Wildman–Crippen MR) is 99.6 cm³/mol. The first-order chi connectivity index (χ1) is 13.2. The molecule has 6 nitrogen and oxygen atoms in total. The lowest BCUT2D eigenvalue weighted by atomic mass is 9.97. The van der Waals surface area contributed by atoms with E-state index in [0.29, 0.717) is 26.3 Å². The zero-order valence-corrected chi connectivity index (χ0v) is 15.2. The molecule has 1 saturated heterocycles. The molecule has 1 N–H and O–H groups in total. The monoisotopic (exact) mass is 368 g/mol. The van der Waals surface area contributed by atoms with E-state index in [1.165, 1.54) is 0 Å². The second kappa shape index (κ2) is 8.06. The van der Waals surface area contributed by atoms with Gasteiger partial charge < -0.3 is 14.6 Å². The number of carboxylic acid groups (broad SMARTS) is 1. The number of pyridine rings is 1. The molecule has 1 atom stereocenters. The summed E-state index contributed by atoms with van der Waals surface area (Å²) in [6.45, 7) is 2.56. The Balaban J connectivity index is 1.40. The molecule has 0 bridgehead atoms. The quantitative estimate of drug-likeness (QED) is 0.845. The third-order valence-electron chi connectivity index (χ3n) is 5.32. The molecule has 1 fully saturated rings. The number of rotatable bonds is 6. The topological polar surface area (TPSA) is 71.9 Å². The van der Waals surface area contributed by atoms with Gasteiger partial charge in [-0.2, -0.15) is 0 Å². The third kappa shape index (κ3) is 3.96. The van der Waals surface area contributed by atoms with E-state index in [4.69, 9.17) is 9.47 Å². The van der Waals surface area contributed by atoms with Gasteiger partial charge in [-0.1, -0.05) is 24.3 Å². The maximum atomic E-state index is 12.1. The van der Waals surface area contributed by atoms with Crippen LogP contribution in [0.5, 0.6) is 5.75 Å². The van der Waals surface area contributed by atoms with Gasteiger partial charge in [0.15, 0.2) is 0 Å². The molecule has 142 valence electrons. The predicted octanol–water partition coefficient (Wildman–Crippen LogP) is 2.82. The van der Waals surface area contributed by atoms with E-state index < -0.39 is 12.0 Å². The van der Waals surface area contributed by atoms with Crippen molar-refractivity contribution in [2.24, 2.45) is 0 Å². The number of carbonyl (C=O) groups is 1. The van der Waals surface area contributed by atoms with Crippen LogP contribution < -0.4 is 4.74 Å². The van der Waals surface area contributed by atoms with Crippen molar-refractivity contribution < 1.29 is 19.4 Å². The molecule has 4 rings (SSSR count). The highest BCUT2D eigenvalue weighted by Crippen LogP contribution is 2.37. The van der Waals surface area contributed by atoms with Crippen LogP contribution in [0, 0.1) is 0 Å². The Kier molecular flexibility index (Phi) is 5.36. The molecule has 1 aromatic carbocycles. The van der Waals surface area contributed by atoms with Gasteiger partial charge in [0.2, 0.25) is 0 Å². The first-order valence-corrected chi connectivity index (χ1v) is 9.44. The summed E-state index contributed by atoms with van der Waals surface area (Å²) < 4.78 is 11.7. The molecule has 0 radical (unpaired) electrons. The van der Waals surface area contributed by atoms with Crippen LogP contribution in [0.4, 0.5) is 0 Å². The summed E-state index contributed by atoms with van der Waals surface area (Å²) in [5.41, 5.74) is 2.93. The number of benzene rings is 1. The molecule has 1 aromatic heterocycles. The average molecular weight is 368 g/mol. The first-order valence-electron chi connectivity index (χ1n) is 9.44. The second-order valence-corrected chi connectivity index (χ2v) is 7.08. The Labute approximate surface area is 158 Å². The highest BCUT2D eigenvalue weighted by atomic mass is 16.5. The van der Waals surface area contributed by atoms with Gasteiger partial charge in [-0.05, 0) is 30.0 Å². The number of fused-ring (bicyclic) bond motifs is 1. The van der Waals surface area contributed by atoms with Crippen molar-refractivity contribution in [3.05, 3.63) is 59.4 Å². The Morgan fingerprint density at radius 2 is 2.15 bits per heavy atom. The highest BCUT2D eigenvalue weighted by Gasteiger charge is 2.34. The number of piperidine rings is 1. The van der Waals surface area contributed by atoms with Gasteiger partial charge in [0, 0.05) is 37.5 Å². The molecule has 0 saturated carbocycles. The zero-order valence-electron chi connectivity index (χ0n) is 15.2. The van der Waals surface area contributed by atoms with Gasteiger partial charge in [0.25, 0.3) is 0 Å². The molecule has 2 aliphatic rings. The normalized spacial score (nSPS) is 18.7.